The number of halogens is 1. The first kappa shape index (κ1) is 19.5. The molecule has 0 fully saturated rings. The van der Waals surface area contributed by atoms with Crippen LogP contribution in [0.25, 0.3) is 20.7 Å². The van der Waals surface area contributed by atoms with E-state index in [1.54, 1.807) is 12.1 Å². The fourth-order valence-corrected chi connectivity index (χ4v) is 3.85. The van der Waals surface area contributed by atoms with Crippen molar-refractivity contribution in [3.63, 3.8) is 0 Å². The number of imide groups is 1. The van der Waals surface area contributed by atoms with Crippen molar-refractivity contribution < 1.29 is 14.0 Å². The zero-order valence-corrected chi connectivity index (χ0v) is 16.3. The molecule has 2 heterocycles. The second-order valence-corrected chi connectivity index (χ2v) is 7.39. The summed E-state index contributed by atoms with van der Waals surface area (Å²) in [6.45, 7) is -0.400. The fourth-order valence-electron chi connectivity index (χ4n) is 2.85. The van der Waals surface area contributed by atoms with E-state index in [-0.39, 0.29) is 11.2 Å². The highest BCUT2D eigenvalue weighted by Gasteiger charge is 2.14. The Kier molecular flexibility index (Phi) is 5.36. The number of thiophene rings is 1. The largest absolute Gasteiger partial charge is 0.326 e. The van der Waals surface area contributed by atoms with Crippen LogP contribution in [-0.4, -0.2) is 21.5 Å². The zero-order chi connectivity index (χ0) is 21.1. The minimum atomic E-state index is -0.894. The Morgan fingerprint density at radius 2 is 1.80 bits per heavy atom. The number of para-hydroxylation sites is 1. The Bertz CT molecular complexity index is 1300. The lowest BCUT2D eigenvalue weighted by Crippen LogP contribution is -2.38. The third-order valence-corrected chi connectivity index (χ3v) is 5.36. The summed E-state index contributed by atoms with van der Waals surface area (Å²) in [6, 6.07) is 16.0. The number of nitrogens with one attached hydrogen (secondary N) is 2. The minimum Gasteiger partial charge on any atom is -0.305 e. The molecule has 0 saturated heterocycles. The van der Waals surface area contributed by atoms with E-state index in [2.05, 4.69) is 15.6 Å². The van der Waals surface area contributed by atoms with E-state index in [0.717, 1.165) is 15.0 Å². The second kappa shape index (κ2) is 8.26. The number of amides is 3. The van der Waals surface area contributed by atoms with Crippen LogP contribution in [0.1, 0.15) is 0 Å². The summed E-state index contributed by atoms with van der Waals surface area (Å²) in [7, 11) is 0. The third-order valence-electron chi connectivity index (χ3n) is 4.27. The standard InChI is InChI=1S/C21H15FN4O3S/c22-15-8-4-5-9-16(15)24-21(29)25-18(27)11-26-12-23-19-14(20(26)28)10-17(30-19)13-6-2-1-3-7-13/h1-10,12H,11H2,(H2,24,25,27,29). The van der Waals surface area contributed by atoms with Crippen molar-refractivity contribution in [2.24, 2.45) is 0 Å². The highest BCUT2D eigenvalue weighted by molar-refractivity contribution is 7.21. The molecule has 0 saturated carbocycles. The molecule has 7 nitrogen and oxygen atoms in total. The number of hydrogen-bond donors (Lipinski definition) is 2. The summed E-state index contributed by atoms with van der Waals surface area (Å²) in [4.78, 5) is 42.5. The molecule has 4 aromatic rings. The van der Waals surface area contributed by atoms with Gasteiger partial charge in [-0.15, -0.1) is 11.3 Å². The third kappa shape index (κ3) is 4.11. The van der Waals surface area contributed by atoms with Crippen LogP contribution >= 0.6 is 11.3 Å². The van der Waals surface area contributed by atoms with Crippen LogP contribution in [0.3, 0.4) is 0 Å². The van der Waals surface area contributed by atoms with Crippen molar-refractivity contribution in [3.8, 4) is 10.4 Å². The van der Waals surface area contributed by atoms with Gasteiger partial charge < -0.3 is 5.32 Å². The van der Waals surface area contributed by atoms with Gasteiger partial charge in [-0.25, -0.2) is 14.2 Å². The maximum Gasteiger partial charge on any atom is 0.326 e. The molecule has 0 aliphatic rings. The number of anilines is 1. The molecule has 2 N–H and O–H groups in total. The van der Waals surface area contributed by atoms with E-state index in [4.69, 9.17) is 0 Å². The van der Waals surface area contributed by atoms with Crippen LogP contribution in [0.15, 0.2) is 71.8 Å². The van der Waals surface area contributed by atoms with Crippen LogP contribution in [0.2, 0.25) is 0 Å². The van der Waals surface area contributed by atoms with Crippen LogP contribution < -0.4 is 16.2 Å². The lowest BCUT2D eigenvalue weighted by atomic mass is 10.2. The number of nitrogens with zero attached hydrogens (tertiary/aromatic N) is 2. The number of carbonyl (C=O) groups is 2. The number of benzene rings is 2. The van der Waals surface area contributed by atoms with E-state index in [9.17, 15) is 18.8 Å². The molecular weight excluding hydrogens is 407 g/mol. The Balaban J connectivity index is 1.49. The summed E-state index contributed by atoms with van der Waals surface area (Å²) in [5.74, 6) is -1.36. The molecule has 0 radical (unpaired) electrons. The highest BCUT2D eigenvalue weighted by atomic mass is 32.1. The maximum atomic E-state index is 13.6. The number of hydrogen-bond acceptors (Lipinski definition) is 5. The Morgan fingerprint density at radius 3 is 2.57 bits per heavy atom. The normalized spacial score (nSPS) is 10.7. The molecule has 0 spiro atoms. The number of carbonyl (C=O) groups excluding carboxylic acids is 2. The smallest absolute Gasteiger partial charge is 0.305 e. The first-order valence-electron chi connectivity index (χ1n) is 8.91. The molecule has 30 heavy (non-hydrogen) atoms. The predicted octanol–water partition coefficient (Wildman–Crippen LogP) is 3.61. The second-order valence-electron chi connectivity index (χ2n) is 6.36. The topological polar surface area (TPSA) is 93.1 Å². The van der Waals surface area contributed by atoms with Crippen LogP contribution in [0.4, 0.5) is 14.9 Å². The van der Waals surface area contributed by atoms with Crippen molar-refractivity contribution in [1.29, 1.82) is 0 Å². The molecule has 4 rings (SSSR count). The van der Waals surface area contributed by atoms with E-state index in [1.165, 1.54) is 35.9 Å². The molecule has 150 valence electrons. The molecule has 0 aliphatic heterocycles. The first-order chi connectivity index (χ1) is 14.5. The molecule has 0 atom stereocenters. The van der Waals surface area contributed by atoms with E-state index in [0.29, 0.717) is 10.2 Å². The molecule has 2 aromatic carbocycles. The van der Waals surface area contributed by atoms with Gasteiger partial charge in [-0.3, -0.25) is 19.5 Å². The summed E-state index contributed by atoms with van der Waals surface area (Å²) in [5, 5.41) is 4.71. The number of fused-ring (bicyclic) bond motifs is 1. The van der Waals surface area contributed by atoms with Gasteiger partial charge >= 0.3 is 6.03 Å². The Morgan fingerprint density at radius 1 is 1.07 bits per heavy atom. The van der Waals surface area contributed by atoms with Crippen molar-refractivity contribution >= 4 is 39.2 Å². The van der Waals surface area contributed by atoms with Crippen molar-refractivity contribution in [3.05, 3.63) is 83.2 Å². The SMILES string of the molecule is O=C(Cn1cnc2sc(-c3ccccc3)cc2c1=O)NC(=O)Nc1ccccc1F. The molecule has 3 amide bonds. The molecule has 0 aliphatic carbocycles. The van der Waals surface area contributed by atoms with Gasteiger partial charge in [0.05, 0.1) is 17.4 Å². The monoisotopic (exact) mass is 422 g/mol. The average Bonchev–Trinajstić information content (AvgIpc) is 3.18. The Hall–Kier alpha value is -3.85. The van der Waals surface area contributed by atoms with E-state index >= 15 is 0 Å². The number of urea groups is 1. The van der Waals surface area contributed by atoms with Crippen LogP contribution in [-0.2, 0) is 11.3 Å². The van der Waals surface area contributed by atoms with Crippen molar-refractivity contribution in [2.75, 3.05) is 5.32 Å². The van der Waals surface area contributed by atoms with Gasteiger partial charge in [0, 0.05) is 4.88 Å². The molecule has 0 unspecified atom stereocenters. The van der Waals surface area contributed by atoms with Gasteiger partial charge in [0.1, 0.15) is 17.2 Å². The zero-order valence-electron chi connectivity index (χ0n) is 15.5. The summed E-state index contributed by atoms with van der Waals surface area (Å²) < 4.78 is 14.7. The average molecular weight is 422 g/mol. The van der Waals surface area contributed by atoms with Gasteiger partial charge in [0.15, 0.2) is 0 Å². The maximum absolute atomic E-state index is 13.6. The van der Waals surface area contributed by atoms with Crippen LogP contribution in [0, 0.1) is 5.82 Å². The number of aromatic nitrogens is 2. The van der Waals surface area contributed by atoms with Gasteiger partial charge in [0.25, 0.3) is 5.56 Å². The predicted molar refractivity (Wildman–Crippen MR) is 113 cm³/mol. The summed E-state index contributed by atoms with van der Waals surface area (Å²) in [6.07, 6.45) is 1.27. The first-order valence-corrected chi connectivity index (χ1v) is 9.72. The van der Waals surface area contributed by atoms with Gasteiger partial charge in [0.2, 0.25) is 5.91 Å². The van der Waals surface area contributed by atoms with Crippen molar-refractivity contribution in [2.45, 2.75) is 6.54 Å². The number of rotatable bonds is 4. The van der Waals surface area contributed by atoms with E-state index < -0.39 is 24.3 Å². The molecule has 9 heteroatoms. The highest BCUT2D eigenvalue weighted by Crippen LogP contribution is 2.30. The van der Waals surface area contributed by atoms with Crippen LogP contribution in [0.5, 0.6) is 0 Å². The van der Waals surface area contributed by atoms with Gasteiger partial charge in [-0.05, 0) is 23.8 Å². The summed E-state index contributed by atoms with van der Waals surface area (Å²) in [5.41, 5.74) is 0.520. The lowest BCUT2D eigenvalue weighted by Gasteiger charge is -2.08. The summed E-state index contributed by atoms with van der Waals surface area (Å²) >= 11 is 1.38. The molecule has 2 aromatic heterocycles. The minimum absolute atomic E-state index is 0.0604. The fraction of sp³-hybridized carbons (Fsp3) is 0.0476. The van der Waals surface area contributed by atoms with Crippen molar-refractivity contribution in [1.82, 2.24) is 14.9 Å². The molecule has 0 bridgehead atoms. The molecular formula is C21H15FN4O3S. The lowest BCUT2D eigenvalue weighted by molar-refractivity contribution is -0.120. The quantitative estimate of drug-likeness (QED) is 0.525. The van der Waals surface area contributed by atoms with E-state index in [1.807, 2.05) is 30.3 Å². The van der Waals surface area contributed by atoms with Gasteiger partial charge in [-0.2, -0.15) is 0 Å². The Labute approximate surface area is 173 Å². The van der Waals surface area contributed by atoms with Gasteiger partial charge in [-0.1, -0.05) is 42.5 Å².